The minimum absolute atomic E-state index is 0.127. The van der Waals surface area contributed by atoms with E-state index in [1.54, 1.807) is 42.5 Å². The summed E-state index contributed by atoms with van der Waals surface area (Å²) in [5.74, 6) is 0.457. The van der Waals surface area contributed by atoms with Crippen LogP contribution in [0.1, 0.15) is 31.8 Å². The number of nitrogens with one attached hydrogen (secondary N) is 1. The standard InChI is InChI=1S/C21H15NO3/c23-20-15-9-4-5-10-16(15)21(24)19-17(20)11-6-12-18(19)22-13-25-14-7-2-1-3-8-14/h1-12,22H,13H2. The summed E-state index contributed by atoms with van der Waals surface area (Å²) in [6.45, 7) is 0.198. The molecule has 4 rings (SSSR count). The summed E-state index contributed by atoms with van der Waals surface area (Å²) in [5, 5.41) is 3.11. The van der Waals surface area contributed by atoms with E-state index < -0.39 is 0 Å². The van der Waals surface area contributed by atoms with Crippen molar-refractivity contribution in [3.05, 3.63) is 95.1 Å². The molecule has 3 aromatic carbocycles. The van der Waals surface area contributed by atoms with Crippen LogP contribution in [0.25, 0.3) is 0 Å². The van der Waals surface area contributed by atoms with Gasteiger partial charge in [-0.1, -0.05) is 54.6 Å². The zero-order chi connectivity index (χ0) is 17.2. The van der Waals surface area contributed by atoms with Crippen molar-refractivity contribution in [2.75, 3.05) is 12.0 Å². The Kier molecular flexibility index (Phi) is 3.78. The molecule has 0 bridgehead atoms. The highest BCUT2D eigenvalue weighted by Crippen LogP contribution is 2.31. The van der Waals surface area contributed by atoms with Gasteiger partial charge in [0, 0.05) is 22.4 Å². The number of ketones is 2. The molecule has 0 amide bonds. The molecule has 0 aromatic heterocycles. The number of rotatable bonds is 4. The molecule has 1 aliphatic carbocycles. The number of ether oxygens (including phenoxy) is 1. The molecule has 25 heavy (non-hydrogen) atoms. The maximum absolute atomic E-state index is 12.9. The average Bonchev–Trinajstić information content (AvgIpc) is 2.67. The van der Waals surface area contributed by atoms with Crippen molar-refractivity contribution >= 4 is 17.3 Å². The first kappa shape index (κ1) is 15.1. The summed E-state index contributed by atoms with van der Waals surface area (Å²) in [6, 6.07) is 21.6. The minimum Gasteiger partial charge on any atom is -0.473 e. The van der Waals surface area contributed by atoms with Gasteiger partial charge in [-0.05, 0) is 18.2 Å². The lowest BCUT2D eigenvalue weighted by atomic mass is 9.83. The van der Waals surface area contributed by atoms with Crippen LogP contribution in [0.2, 0.25) is 0 Å². The number of carbonyl (C=O) groups excluding carboxylic acids is 2. The molecule has 0 atom stereocenters. The van der Waals surface area contributed by atoms with Gasteiger partial charge in [-0.2, -0.15) is 0 Å². The largest absolute Gasteiger partial charge is 0.473 e. The molecule has 0 heterocycles. The molecule has 0 spiro atoms. The van der Waals surface area contributed by atoms with E-state index in [0.29, 0.717) is 27.9 Å². The van der Waals surface area contributed by atoms with Gasteiger partial charge in [-0.3, -0.25) is 9.59 Å². The predicted molar refractivity (Wildman–Crippen MR) is 95.3 cm³/mol. The molecule has 4 nitrogen and oxygen atoms in total. The Balaban J connectivity index is 1.63. The Hall–Kier alpha value is -3.40. The van der Waals surface area contributed by atoms with Gasteiger partial charge in [0.05, 0.1) is 5.56 Å². The fourth-order valence-corrected chi connectivity index (χ4v) is 3.01. The average molecular weight is 329 g/mol. The summed E-state index contributed by atoms with van der Waals surface area (Å²) < 4.78 is 5.63. The first-order valence-corrected chi connectivity index (χ1v) is 7.99. The van der Waals surface area contributed by atoms with Gasteiger partial charge < -0.3 is 10.1 Å². The second-order valence-corrected chi connectivity index (χ2v) is 5.71. The predicted octanol–water partition coefficient (Wildman–Crippen LogP) is 3.91. The highest BCUT2D eigenvalue weighted by molar-refractivity contribution is 6.30. The molecule has 0 saturated carbocycles. The van der Waals surface area contributed by atoms with Crippen LogP contribution in [0.15, 0.2) is 72.8 Å². The van der Waals surface area contributed by atoms with Crippen molar-refractivity contribution in [2.24, 2.45) is 0 Å². The van der Waals surface area contributed by atoms with Crippen LogP contribution in [0.3, 0.4) is 0 Å². The van der Waals surface area contributed by atoms with Crippen LogP contribution in [0.5, 0.6) is 5.75 Å². The molecule has 0 aliphatic heterocycles. The molecular weight excluding hydrogens is 314 g/mol. The van der Waals surface area contributed by atoms with E-state index >= 15 is 0 Å². The Morgan fingerprint density at radius 1 is 0.680 bits per heavy atom. The van der Waals surface area contributed by atoms with Crippen LogP contribution in [0.4, 0.5) is 5.69 Å². The van der Waals surface area contributed by atoms with E-state index in [2.05, 4.69) is 5.32 Å². The lowest BCUT2D eigenvalue weighted by Crippen LogP contribution is -2.23. The smallest absolute Gasteiger partial charge is 0.196 e. The van der Waals surface area contributed by atoms with E-state index in [4.69, 9.17) is 4.74 Å². The Bertz CT molecular complexity index is 964. The summed E-state index contributed by atoms with van der Waals surface area (Å²) in [6.07, 6.45) is 0. The maximum atomic E-state index is 12.9. The Morgan fingerprint density at radius 2 is 1.32 bits per heavy atom. The van der Waals surface area contributed by atoms with Crippen molar-refractivity contribution in [1.82, 2.24) is 0 Å². The Labute approximate surface area is 145 Å². The lowest BCUT2D eigenvalue weighted by molar-refractivity contribution is 0.0979. The third-order valence-corrected chi connectivity index (χ3v) is 4.20. The first-order chi connectivity index (χ1) is 12.3. The van der Waals surface area contributed by atoms with Gasteiger partial charge in [0.2, 0.25) is 0 Å². The van der Waals surface area contributed by atoms with Gasteiger partial charge in [-0.15, -0.1) is 0 Å². The molecule has 0 unspecified atom stereocenters. The molecule has 122 valence electrons. The second kappa shape index (κ2) is 6.24. The topological polar surface area (TPSA) is 55.4 Å². The van der Waals surface area contributed by atoms with E-state index in [-0.39, 0.29) is 18.3 Å². The monoisotopic (exact) mass is 329 g/mol. The van der Waals surface area contributed by atoms with E-state index in [1.807, 2.05) is 30.3 Å². The highest BCUT2D eigenvalue weighted by Gasteiger charge is 2.31. The van der Waals surface area contributed by atoms with Gasteiger partial charge in [0.25, 0.3) is 0 Å². The van der Waals surface area contributed by atoms with Crippen LogP contribution in [0, 0.1) is 0 Å². The number of benzene rings is 3. The molecular formula is C21H15NO3. The third-order valence-electron chi connectivity index (χ3n) is 4.20. The fourth-order valence-electron chi connectivity index (χ4n) is 3.01. The third kappa shape index (κ3) is 2.68. The number of para-hydroxylation sites is 1. The number of fused-ring (bicyclic) bond motifs is 2. The van der Waals surface area contributed by atoms with Crippen molar-refractivity contribution in [1.29, 1.82) is 0 Å². The summed E-state index contributed by atoms with van der Waals surface area (Å²) in [4.78, 5) is 25.6. The van der Waals surface area contributed by atoms with Gasteiger partial charge in [0.1, 0.15) is 5.75 Å². The molecule has 0 radical (unpaired) electrons. The van der Waals surface area contributed by atoms with Crippen LogP contribution in [-0.2, 0) is 0 Å². The molecule has 4 heteroatoms. The minimum atomic E-state index is -0.145. The molecule has 0 fully saturated rings. The lowest BCUT2D eigenvalue weighted by Gasteiger charge is -2.20. The summed E-state index contributed by atoms with van der Waals surface area (Å²) >= 11 is 0. The molecule has 1 N–H and O–H groups in total. The molecule has 0 saturated heterocycles. The SMILES string of the molecule is O=C1c2ccccc2C(=O)c2c(NCOc3ccccc3)cccc21. The van der Waals surface area contributed by atoms with Crippen molar-refractivity contribution in [3.63, 3.8) is 0 Å². The Morgan fingerprint density at radius 3 is 2.08 bits per heavy atom. The van der Waals surface area contributed by atoms with Crippen molar-refractivity contribution < 1.29 is 14.3 Å². The van der Waals surface area contributed by atoms with E-state index in [9.17, 15) is 9.59 Å². The quantitative estimate of drug-likeness (QED) is 0.577. The van der Waals surface area contributed by atoms with Crippen LogP contribution in [-0.4, -0.2) is 18.3 Å². The second-order valence-electron chi connectivity index (χ2n) is 5.71. The maximum Gasteiger partial charge on any atom is 0.196 e. The summed E-state index contributed by atoms with van der Waals surface area (Å²) in [7, 11) is 0. The van der Waals surface area contributed by atoms with Crippen LogP contribution < -0.4 is 10.1 Å². The van der Waals surface area contributed by atoms with Gasteiger partial charge in [0.15, 0.2) is 18.3 Å². The number of hydrogen-bond acceptors (Lipinski definition) is 4. The van der Waals surface area contributed by atoms with Crippen molar-refractivity contribution in [3.8, 4) is 5.75 Å². The summed E-state index contributed by atoms with van der Waals surface area (Å²) in [5.41, 5.74) is 2.33. The van der Waals surface area contributed by atoms with E-state index in [0.717, 1.165) is 5.75 Å². The zero-order valence-electron chi connectivity index (χ0n) is 13.4. The van der Waals surface area contributed by atoms with Gasteiger partial charge >= 0.3 is 0 Å². The number of hydrogen-bond donors (Lipinski definition) is 1. The highest BCUT2D eigenvalue weighted by atomic mass is 16.5. The van der Waals surface area contributed by atoms with Crippen LogP contribution >= 0.6 is 0 Å². The fraction of sp³-hybridized carbons (Fsp3) is 0.0476. The number of anilines is 1. The number of carbonyl (C=O) groups is 2. The first-order valence-electron chi connectivity index (χ1n) is 7.99. The van der Waals surface area contributed by atoms with Crippen molar-refractivity contribution in [2.45, 2.75) is 0 Å². The van der Waals surface area contributed by atoms with E-state index in [1.165, 1.54) is 0 Å². The zero-order valence-corrected chi connectivity index (χ0v) is 13.4. The molecule has 1 aliphatic rings. The van der Waals surface area contributed by atoms with Gasteiger partial charge in [-0.25, -0.2) is 0 Å². The molecule has 3 aromatic rings. The normalized spacial score (nSPS) is 12.3.